The Morgan fingerprint density at radius 1 is 1.36 bits per heavy atom. The fourth-order valence-electron chi connectivity index (χ4n) is 3.34. The molecule has 1 amide bonds. The van der Waals surface area contributed by atoms with Crippen molar-refractivity contribution < 1.29 is 9.21 Å². The van der Waals surface area contributed by atoms with Crippen molar-refractivity contribution in [2.45, 2.75) is 39.8 Å². The lowest BCUT2D eigenvalue weighted by Crippen LogP contribution is -2.40. The summed E-state index contributed by atoms with van der Waals surface area (Å²) in [4.78, 5) is 18.0. The lowest BCUT2D eigenvalue weighted by molar-refractivity contribution is -0.123. The average molecular weight is 342 g/mol. The van der Waals surface area contributed by atoms with Crippen molar-refractivity contribution in [2.24, 2.45) is 11.7 Å². The molecule has 0 saturated carbocycles. The van der Waals surface area contributed by atoms with Crippen LogP contribution < -0.4 is 11.1 Å². The first-order chi connectivity index (χ1) is 12.0. The number of carbonyl (C=O) groups is 1. The molecule has 0 aliphatic carbocycles. The number of likely N-dealkylation sites (tertiary alicyclic amines) is 1. The molecule has 1 atom stereocenters. The van der Waals surface area contributed by atoms with E-state index in [-0.39, 0.29) is 11.8 Å². The molecule has 6 nitrogen and oxygen atoms in total. The maximum absolute atomic E-state index is 11.4. The third-order valence-electron chi connectivity index (χ3n) is 4.72. The van der Waals surface area contributed by atoms with E-state index in [1.165, 1.54) is 5.56 Å². The van der Waals surface area contributed by atoms with Gasteiger partial charge in [-0.1, -0.05) is 12.1 Å². The highest BCUT2D eigenvalue weighted by atomic mass is 16.4. The number of rotatable bonds is 6. The Morgan fingerprint density at radius 3 is 2.76 bits per heavy atom. The largest absolute Gasteiger partial charge is 0.444 e. The molecule has 6 heteroatoms. The van der Waals surface area contributed by atoms with Gasteiger partial charge in [0.25, 0.3) is 0 Å². The summed E-state index contributed by atoms with van der Waals surface area (Å²) < 4.78 is 5.57. The van der Waals surface area contributed by atoms with Gasteiger partial charge in [-0.2, -0.15) is 0 Å². The summed E-state index contributed by atoms with van der Waals surface area (Å²) in [6.45, 7) is 7.07. The number of nitrogens with two attached hydrogens (primary N) is 1. The zero-order chi connectivity index (χ0) is 17.8. The number of hydrogen-bond donors (Lipinski definition) is 2. The number of amides is 1. The average Bonchev–Trinajstić information content (AvgIpc) is 2.92. The predicted octanol–water partition coefficient (Wildman–Crippen LogP) is 2.60. The normalized spacial score (nSPS) is 18.2. The predicted molar refractivity (Wildman–Crippen MR) is 96.9 cm³/mol. The van der Waals surface area contributed by atoms with Crippen LogP contribution in [0.15, 0.2) is 28.7 Å². The standard InChI is InChI=1S/C19H26N4O2/c1-13-18(25-14(2)22-13)10-21-17-7-5-15(6-8-17)11-23-9-3-4-16(12-23)19(20)24/h5-8,16,21H,3-4,9-12H2,1-2H3,(H2,20,24). The molecule has 1 saturated heterocycles. The van der Waals surface area contributed by atoms with Gasteiger partial charge in [0, 0.05) is 25.7 Å². The smallest absolute Gasteiger partial charge is 0.221 e. The van der Waals surface area contributed by atoms with Gasteiger partial charge in [-0.3, -0.25) is 9.69 Å². The molecule has 0 radical (unpaired) electrons. The second-order valence-electron chi connectivity index (χ2n) is 6.77. The van der Waals surface area contributed by atoms with Crippen molar-refractivity contribution in [3.05, 3.63) is 47.2 Å². The monoisotopic (exact) mass is 342 g/mol. The van der Waals surface area contributed by atoms with Crippen LogP contribution in [0.2, 0.25) is 0 Å². The minimum atomic E-state index is -0.179. The highest BCUT2D eigenvalue weighted by molar-refractivity contribution is 5.76. The van der Waals surface area contributed by atoms with Crippen LogP contribution in [0.1, 0.15) is 35.7 Å². The molecule has 25 heavy (non-hydrogen) atoms. The lowest BCUT2D eigenvalue weighted by atomic mass is 9.97. The van der Waals surface area contributed by atoms with Crippen LogP contribution in [-0.2, 0) is 17.9 Å². The van der Waals surface area contributed by atoms with Crippen molar-refractivity contribution in [2.75, 3.05) is 18.4 Å². The molecule has 1 aromatic carbocycles. The molecule has 2 heterocycles. The Bertz CT molecular complexity index is 724. The van der Waals surface area contributed by atoms with Crippen LogP contribution in [0, 0.1) is 19.8 Å². The Kier molecular flexibility index (Phi) is 5.38. The van der Waals surface area contributed by atoms with Crippen molar-refractivity contribution in [3.8, 4) is 0 Å². The van der Waals surface area contributed by atoms with E-state index in [4.69, 9.17) is 10.2 Å². The van der Waals surface area contributed by atoms with E-state index < -0.39 is 0 Å². The number of aromatic nitrogens is 1. The molecule has 1 aromatic heterocycles. The van der Waals surface area contributed by atoms with Gasteiger partial charge in [-0.05, 0) is 44.0 Å². The third kappa shape index (κ3) is 4.60. The van der Waals surface area contributed by atoms with Crippen molar-refractivity contribution in [1.82, 2.24) is 9.88 Å². The molecule has 1 aliphatic rings. The Balaban J connectivity index is 1.53. The van der Waals surface area contributed by atoms with Crippen LogP contribution in [-0.4, -0.2) is 28.9 Å². The summed E-state index contributed by atoms with van der Waals surface area (Å²) in [6, 6.07) is 8.39. The maximum Gasteiger partial charge on any atom is 0.221 e. The molecular weight excluding hydrogens is 316 g/mol. The Labute approximate surface area is 148 Å². The summed E-state index contributed by atoms with van der Waals surface area (Å²) >= 11 is 0. The summed E-state index contributed by atoms with van der Waals surface area (Å²) in [7, 11) is 0. The minimum absolute atomic E-state index is 0.0108. The molecule has 3 N–H and O–H groups in total. The van der Waals surface area contributed by atoms with Crippen molar-refractivity contribution in [3.63, 3.8) is 0 Å². The Hall–Kier alpha value is -2.34. The quantitative estimate of drug-likeness (QED) is 0.843. The molecule has 3 rings (SSSR count). The molecule has 0 bridgehead atoms. The summed E-state index contributed by atoms with van der Waals surface area (Å²) in [5.74, 6) is 1.37. The highest BCUT2D eigenvalue weighted by Gasteiger charge is 2.23. The second kappa shape index (κ2) is 7.70. The fraction of sp³-hybridized carbons (Fsp3) is 0.474. The van der Waals surface area contributed by atoms with Crippen LogP contribution in [0.25, 0.3) is 0 Å². The fourth-order valence-corrected chi connectivity index (χ4v) is 3.34. The number of piperidine rings is 1. The number of nitrogens with zero attached hydrogens (tertiary/aromatic N) is 2. The SMILES string of the molecule is Cc1nc(C)c(CNc2ccc(CN3CCCC(C(N)=O)C3)cc2)o1. The lowest BCUT2D eigenvalue weighted by Gasteiger charge is -2.31. The van der Waals surface area contributed by atoms with Crippen molar-refractivity contribution >= 4 is 11.6 Å². The van der Waals surface area contributed by atoms with Gasteiger partial charge in [-0.25, -0.2) is 4.98 Å². The second-order valence-corrected chi connectivity index (χ2v) is 6.77. The number of primary amides is 1. The highest BCUT2D eigenvalue weighted by Crippen LogP contribution is 2.19. The van der Waals surface area contributed by atoms with Gasteiger partial charge in [0.1, 0.15) is 5.76 Å². The summed E-state index contributed by atoms with van der Waals surface area (Å²) in [5.41, 5.74) is 8.66. The Morgan fingerprint density at radius 2 is 2.12 bits per heavy atom. The zero-order valence-corrected chi connectivity index (χ0v) is 14.9. The number of hydrogen-bond acceptors (Lipinski definition) is 5. The van der Waals surface area contributed by atoms with E-state index >= 15 is 0 Å². The molecule has 1 unspecified atom stereocenters. The molecule has 0 spiro atoms. The van der Waals surface area contributed by atoms with Crippen LogP contribution in [0.5, 0.6) is 0 Å². The van der Waals surface area contributed by atoms with Gasteiger partial charge in [0.15, 0.2) is 5.89 Å². The molecule has 1 fully saturated rings. The minimum Gasteiger partial charge on any atom is -0.444 e. The van der Waals surface area contributed by atoms with Gasteiger partial charge in [-0.15, -0.1) is 0 Å². The van der Waals surface area contributed by atoms with Crippen LogP contribution in [0.3, 0.4) is 0 Å². The summed E-state index contributed by atoms with van der Waals surface area (Å²) in [5, 5.41) is 3.36. The van der Waals surface area contributed by atoms with E-state index in [1.54, 1.807) is 0 Å². The maximum atomic E-state index is 11.4. The first-order valence-corrected chi connectivity index (χ1v) is 8.78. The molecule has 2 aromatic rings. The third-order valence-corrected chi connectivity index (χ3v) is 4.72. The molecule has 134 valence electrons. The molecular formula is C19H26N4O2. The van der Waals surface area contributed by atoms with E-state index in [9.17, 15) is 4.79 Å². The number of benzene rings is 1. The van der Waals surface area contributed by atoms with Gasteiger partial charge < -0.3 is 15.5 Å². The van der Waals surface area contributed by atoms with E-state index in [0.717, 1.165) is 49.6 Å². The first kappa shape index (κ1) is 17.5. The number of oxazole rings is 1. The number of anilines is 1. The van der Waals surface area contributed by atoms with E-state index in [2.05, 4.69) is 39.5 Å². The number of nitrogens with one attached hydrogen (secondary N) is 1. The zero-order valence-electron chi connectivity index (χ0n) is 14.9. The van der Waals surface area contributed by atoms with Gasteiger partial charge >= 0.3 is 0 Å². The van der Waals surface area contributed by atoms with Gasteiger partial charge in [0.2, 0.25) is 5.91 Å². The van der Waals surface area contributed by atoms with Gasteiger partial charge in [0.05, 0.1) is 18.2 Å². The summed E-state index contributed by atoms with van der Waals surface area (Å²) in [6.07, 6.45) is 1.94. The topological polar surface area (TPSA) is 84.4 Å². The van der Waals surface area contributed by atoms with Crippen LogP contribution >= 0.6 is 0 Å². The molecule has 1 aliphatic heterocycles. The number of carbonyl (C=O) groups excluding carboxylic acids is 1. The first-order valence-electron chi connectivity index (χ1n) is 8.78. The van der Waals surface area contributed by atoms with E-state index in [0.29, 0.717) is 12.4 Å². The van der Waals surface area contributed by atoms with Crippen molar-refractivity contribution in [1.29, 1.82) is 0 Å². The van der Waals surface area contributed by atoms with E-state index in [1.807, 2.05) is 13.8 Å². The van der Waals surface area contributed by atoms with Crippen LogP contribution in [0.4, 0.5) is 5.69 Å². The number of aryl methyl sites for hydroxylation is 2.